The molecule has 0 radical (unpaired) electrons. The third-order valence-corrected chi connectivity index (χ3v) is 3.86. The lowest BCUT2D eigenvalue weighted by Gasteiger charge is -2.09. The van der Waals surface area contributed by atoms with Gasteiger partial charge in [0.15, 0.2) is 0 Å². The monoisotopic (exact) mass is 356 g/mol. The lowest BCUT2D eigenvalue weighted by molar-refractivity contribution is 0.155. The zero-order valence-corrected chi connectivity index (χ0v) is 14.4. The minimum Gasteiger partial charge on any atom is -0.444 e. The molecule has 3 aromatic rings. The van der Waals surface area contributed by atoms with Crippen molar-refractivity contribution in [2.45, 2.75) is 19.4 Å². The fourth-order valence-electron chi connectivity index (χ4n) is 2.31. The number of nitrogens with one attached hydrogen (secondary N) is 1. The molecule has 2 aromatic carbocycles. The molecule has 0 saturated heterocycles. The molecule has 0 fully saturated rings. The Kier molecular flexibility index (Phi) is 5.36. The molecule has 3 rings (SSSR count). The van der Waals surface area contributed by atoms with E-state index in [1.54, 1.807) is 6.07 Å². The summed E-state index contributed by atoms with van der Waals surface area (Å²) in [5.41, 5.74) is 2.87. The van der Waals surface area contributed by atoms with Crippen molar-refractivity contribution in [1.29, 1.82) is 0 Å². The van der Waals surface area contributed by atoms with E-state index in [0.29, 0.717) is 22.9 Å². The second-order valence-electron chi connectivity index (χ2n) is 5.39. The molecule has 1 aromatic heterocycles. The second kappa shape index (κ2) is 7.85. The number of hydrogen-bond donors (Lipinski definition) is 1. The predicted octanol–water partition coefficient (Wildman–Crippen LogP) is 5.14. The van der Waals surface area contributed by atoms with Gasteiger partial charge in [0.05, 0.1) is 22.8 Å². The summed E-state index contributed by atoms with van der Waals surface area (Å²) in [5, 5.41) is 2.73. The molecular formula is C19H17ClN2O3. The SMILES string of the molecule is Cc1nc(-c2ccccc2NC(=O)OCc2ccccc2)oc1CCl. The van der Waals surface area contributed by atoms with Crippen LogP contribution in [0.25, 0.3) is 11.5 Å². The maximum absolute atomic E-state index is 12.1. The first-order valence-electron chi connectivity index (χ1n) is 7.76. The molecule has 1 amide bonds. The van der Waals surface area contributed by atoms with Gasteiger partial charge >= 0.3 is 6.09 Å². The third kappa shape index (κ3) is 4.19. The van der Waals surface area contributed by atoms with Crippen molar-refractivity contribution in [1.82, 2.24) is 4.98 Å². The van der Waals surface area contributed by atoms with Crippen LogP contribution in [0.2, 0.25) is 0 Å². The smallest absolute Gasteiger partial charge is 0.411 e. The number of alkyl halides is 1. The van der Waals surface area contributed by atoms with E-state index in [2.05, 4.69) is 10.3 Å². The minimum absolute atomic E-state index is 0.198. The number of amides is 1. The largest absolute Gasteiger partial charge is 0.444 e. The van der Waals surface area contributed by atoms with Crippen LogP contribution in [0.3, 0.4) is 0 Å². The summed E-state index contributed by atoms with van der Waals surface area (Å²) >= 11 is 5.83. The van der Waals surface area contributed by atoms with Crippen molar-refractivity contribution in [2.24, 2.45) is 0 Å². The Morgan fingerprint density at radius 1 is 1.16 bits per heavy atom. The topological polar surface area (TPSA) is 64.4 Å². The molecule has 0 saturated carbocycles. The molecule has 6 heteroatoms. The Morgan fingerprint density at radius 3 is 2.60 bits per heavy atom. The number of anilines is 1. The zero-order valence-electron chi connectivity index (χ0n) is 13.7. The van der Waals surface area contributed by atoms with Crippen LogP contribution in [0, 0.1) is 6.92 Å². The molecular weight excluding hydrogens is 340 g/mol. The fraction of sp³-hybridized carbons (Fsp3) is 0.158. The van der Waals surface area contributed by atoms with Crippen LogP contribution >= 0.6 is 11.6 Å². The van der Waals surface area contributed by atoms with Crippen molar-refractivity contribution in [3.63, 3.8) is 0 Å². The maximum atomic E-state index is 12.1. The van der Waals surface area contributed by atoms with Crippen molar-refractivity contribution in [3.8, 4) is 11.5 Å². The van der Waals surface area contributed by atoms with E-state index in [4.69, 9.17) is 20.8 Å². The van der Waals surface area contributed by atoms with Gasteiger partial charge in [0.1, 0.15) is 12.4 Å². The Bertz CT molecular complexity index is 862. The van der Waals surface area contributed by atoms with Crippen LogP contribution in [-0.2, 0) is 17.2 Å². The first-order valence-corrected chi connectivity index (χ1v) is 8.30. The number of benzene rings is 2. The van der Waals surface area contributed by atoms with E-state index in [1.165, 1.54) is 0 Å². The summed E-state index contributed by atoms with van der Waals surface area (Å²) in [6.45, 7) is 2.03. The maximum Gasteiger partial charge on any atom is 0.411 e. The van der Waals surface area contributed by atoms with Gasteiger partial charge in [0, 0.05) is 0 Å². The Balaban J connectivity index is 1.73. The van der Waals surface area contributed by atoms with Crippen LogP contribution in [-0.4, -0.2) is 11.1 Å². The van der Waals surface area contributed by atoms with E-state index in [9.17, 15) is 4.79 Å². The minimum atomic E-state index is -0.544. The van der Waals surface area contributed by atoms with Gasteiger partial charge in [-0.15, -0.1) is 11.6 Å². The number of carbonyl (C=O) groups excluding carboxylic acids is 1. The molecule has 1 N–H and O–H groups in total. The average Bonchev–Trinajstić information content (AvgIpc) is 3.02. The van der Waals surface area contributed by atoms with Crippen LogP contribution in [0.1, 0.15) is 17.0 Å². The summed E-state index contributed by atoms with van der Waals surface area (Å²) in [4.78, 5) is 16.5. The Morgan fingerprint density at radius 2 is 1.88 bits per heavy atom. The molecule has 0 aliphatic rings. The number of rotatable bonds is 5. The number of oxazole rings is 1. The highest BCUT2D eigenvalue weighted by Crippen LogP contribution is 2.29. The number of aryl methyl sites for hydroxylation is 1. The lowest BCUT2D eigenvalue weighted by Crippen LogP contribution is -2.14. The molecule has 25 heavy (non-hydrogen) atoms. The number of para-hydroxylation sites is 1. The molecule has 0 aliphatic carbocycles. The molecule has 0 atom stereocenters. The van der Waals surface area contributed by atoms with E-state index < -0.39 is 6.09 Å². The standard InChI is InChI=1S/C19H17ClN2O3/c1-13-17(11-20)25-18(21-13)15-9-5-6-10-16(15)22-19(23)24-12-14-7-3-2-4-8-14/h2-10H,11-12H2,1H3,(H,22,23). The molecule has 0 bridgehead atoms. The molecule has 5 nitrogen and oxygen atoms in total. The van der Waals surface area contributed by atoms with Crippen LogP contribution in [0.5, 0.6) is 0 Å². The van der Waals surface area contributed by atoms with Crippen LogP contribution < -0.4 is 5.32 Å². The average molecular weight is 357 g/mol. The van der Waals surface area contributed by atoms with E-state index in [0.717, 1.165) is 11.3 Å². The summed E-state index contributed by atoms with van der Waals surface area (Å²) in [6, 6.07) is 16.7. The van der Waals surface area contributed by atoms with E-state index in [-0.39, 0.29) is 12.5 Å². The van der Waals surface area contributed by atoms with Crippen LogP contribution in [0.4, 0.5) is 10.5 Å². The third-order valence-electron chi connectivity index (χ3n) is 3.62. The van der Waals surface area contributed by atoms with Crippen molar-refractivity contribution >= 4 is 23.4 Å². The number of aromatic nitrogens is 1. The van der Waals surface area contributed by atoms with Gasteiger partial charge in [-0.25, -0.2) is 9.78 Å². The van der Waals surface area contributed by atoms with Crippen molar-refractivity contribution < 1.29 is 13.9 Å². The Labute approximate surface area is 150 Å². The van der Waals surface area contributed by atoms with Gasteiger partial charge in [-0.3, -0.25) is 5.32 Å². The predicted molar refractivity (Wildman–Crippen MR) is 96.5 cm³/mol. The number of ether oxygens (including phenoxy) is 1. The molecule has 0 spiro atoms. The summed E-state index contributed by atoms with van der Waals surface area (Å²) < 4.78 is 10.9. The van der Waals surface area contributed by atoms with Crippen LogP contribution in [0.15, 0.2) is 59.0 Å². The zero-order chi connectivity index (χ0) is 17.6. The molecule has 0 unspecified atom stereocenters. The summed E-state index contributed by atoms with van der Waals surface area (Å²) in [5.74, 6) is 1.26. The quantitative estimate of drug-likeness (QED) is 0.643. The van der Waals surface area contributed by atoms with Crippen molar-refractivity contribution in [2.75, 3.05) is 5.32 Å². The molecule has 1 heterocycles. The van der Waals surface area contributed by atoms with E-state index in [1.807, 2.05) is 55.5 Å². The van der Waals surface area contributed by atoms with E-state index >= 15 is 0 Å². The number of nitrogens with zero attached hydrogens (tertiary/aromatic N) is 1. The van der Waals surface area contributed by atoms with Gasteiger partial charge in [0.2, 0.25) is 5.89 Å². The number of hydrogen-bond acceptors (Lipinski definition) is 4. The highest BCUT2D eigenvalue weighted by molar-refractivity contribution is 6.16. The Hall–Kier alpha value is -2.79. The molecule has 128 valence electrons. The highest BCUT2D eigenvalue weighted by Gasteiger charge is 2.15. The van der Waals surface area contributed by atoms with Gasteiger partial charge in [0.25, 0.3) is 0 Å². The number of carbonyl (C=O) groups is 1. The first kappa shape index (κ1) is 17.0. The highest BCUT2D eigenvalue weighted by atomic mass is 35.5. The fourth-order valence-corrected chi connectivity index (χ4v) is 2.56. The first-order chi connectivity index (χ1) is 12.2. The lowest BCUT2D eigenvalue weighted by atomic mass is 10.2. The van der Waals surface area contributed by atoms with Gasteiger partial charge in [-0.1, -0.05) is 42.5 Å². The van der Waals surface area contributed by atoms with Gasteiger partial charge in [-0.05, 0) is 24.6 Å². The summed E-state index contributed by atoms with van der Waals surface area (Å²) in [6.07, 6.45) is -0.544. The number of halogens is 1. The van der Waals surface area contributed by atoms with Crippen molar-refractivity contribution in [3.05, 3.63) is 71.6 Å². The normalized spacial score (nSPS) is 10.5. The summed E-state index contributed by atoms with van der Waals surface area (Å²) in [7, 11) is 0. The van der Waals surface area contributed by atoms with Gasteiger partial charge < -0.3 is 9.15 Å². The molecule has 0 aliphatic heterocycles. The van der Waals surface area contributed by atoms with Gasteiger partial charge in [-0.2, -0.15) is 0 Å². The second-order valence-corrected chi connectivity index (χ2v) is 5.66.